The number of hydrogen-bond donors (Lipinski definition) is 1. The number of piperidine rings is 1. The van der Waals surface area contributed by atoms with Gasteiger partial charge in [0.05, 0.1) is 7.11 Å². The molecule has 0 spiro atoms. The SMILES string of the molecule is CCNC1CCCN(Cc2cc(F)ccc2OC)C1. The highest BCUT2D eigenvalue weighted by Gasteiger charge is 2.20. The molecule has 0 saturated carbocycles. The van der Waals surface area contributed by atoms with Crippen LogP contribution in [0.4, 0.5) is 4.39 Å². The summed E-state index contributed by atoms with van der Waals surface area (Å²) in [7, 11) is 1.63. The van der Waals surface area contributed by atoms with Gasteiger partial charge in [0, 0.05) is 24.7 Å². The number of likely N-dealkylation sites (tertiary alicyclic amines) is 1. The highest BCUT2D eigenvalue weighted by atomic mass is 19.1. The highest BCUT2D eigenvalue weighted by Crippen LogP contribution is 2.22. The molecule has 1 fully saturated rings. The molecule has 1 heterocycles. The van der Waals surface area contributed by atoms with Crippen molar-refractivity contribution >= 4 is 0 Å². The third kappa shape index (κ3) is 3.91. The van der Waals surface area contributed by atoms with Gasteiger partial charge >= 0.3 is 0 Å². The summed E-state index contributed by atoms with van der Waals surface area (Å²) in [6.45, 7) is 5.98. The van der Waals surface area contributed by atoms with Crippen molar-refractivity contribution in [1.82, 2.24) is 10.2 Å². The molecule has 1 aliphatic rings. The summed E-state index contributed by atoms with van der Waals surface area (Å²) < 4.78 is 18.7. The second-order valence-electron chi connectivity index (χ2n) is 5.09. The van der Waals surface area contributed by atoms with Crippen LogP contribution >= 0.6 is 0 Å². The molecule has 2 rings (SSSR count). The maximum atomic E-state index is 13.3. The maximum absolute atomic E-state index is 13.3. The molecule has 0 aliphatic carbocycles. The van der Waals surface area contributed by atoms with Crippen LogP contribution in [0.25, 0.3) is 0 Å². The predicted octanol–water partition coefficient (Wildman–Crippen LogP) is 2.41. The summed E-state index contributed by atoms with van der Waals surface area (Å²) in [6, 6.07) is 5.28. The molecule has 3 nitrogen and oxygen atoms in total. The topological polar surface area (TPSA) is 24.5 Å². The summed E-state index contributed by atoms with van der Waals surface area (Å²) in [4.78, 5) is 2.37. The Hall–Kier alpha value is -1.13. The molecule has 1 aromatic carbocycles. The standard InChI is InChI=1S/C15H23FN2O/c1-3-17-14-5-4-8-18(11-14)10-12-9-13(16)6-7-15(12)19-2/h6-7,9,14,17H,3-5,8,10-11H2,1-2H3. The van der Waals surface area contributed by atoms with Crippen LogP contribution in [0, 0.1) is 5.82 Å². The molecule has 19 heavy (non-hydrogen) atoms. The molecule has 1 atom stereocenters. The van der Waals surface area contributed by atoms with E-state index in [9.17, 15) is 4.39 Å². The molecular weight excluding hydrogens is 243 g/mol. The Morgan fingerprint density at radius 2 is 2.32 bits per heavy atom. The van der Waals surface area contributed by atoms with Crippen LogP contribution in [0.1, 0.15) is 25.3 Å². The zero-order valence-corrected chi connectivity index (χ0v) is 11.8. The van der Waals surface area contributed by atoms with Gasteiger partial charge in [0.25, 0.3) is 0 Å². The average Bonchev–Trinajstić information content (AvgIpc) is 2.40. The van der Waals surface area contributed by atoms with Crippen molar-refractivity contribution in [3.8, 4) is 5.75 Å². The monoisotopic (exact) mass is 266 g/mol. The lowest BCUT2D eigenvalue weighted by atomic mass is 10.0. The van der Waals surface area contributed by atoms with Crippen molar-refractivity contribution in [1.29, 1.82) is 0 Å². The maximum Gasteiger partial charge on any atom is 0.123 e. The Kier molecular flexibility index (Phi) is 5.16. The van der Waals surface area contributed by atoms with Crippen LogP contribution in [-0.4, -0.2) is 37.7 Å². The van der Waals surface area contributed by atoms with E-state index in [2.05, 4.69) is 17.1 Å². The molecule has 4 heteroatoms. The van der Waals surface area contributed by atoms with Gasteiger partial charge in [-0.05, 0) is 44.1 Å². The number of methoxy groups -OCH3 is 1. The summed E-state index contributed by atoms with van der Waals surface area (Å²) in [5.41, 5.74) is 0.930. The third-order valence-corrected chi connectivity index (χ3v) is 3.63. The first-order valence-electron chi connectivity index (χ1n) is 7.01. The minimum Gasteiger partial charge on any atom is -0.496 e. The van der Waals surface area contributed by atoms with Gasteiger partial charge in [-0.2, -0.15) is 0 Å². The number of benzene rings is 1. The van der Waals surface area contributed by atoms with E-state index in [4.69, 9.17) is 4.74 Å². The van der Waals surface area contributed by atoms with Gasteiger partial charge < -0.3 is 10.1 Å². The number of nitrogens with zero attached hydrogens (tertiary/aromatic N) is 1. The van der Waals surface area contributed by atoms with Gasteiger partial charge in [-0.15, -0.1) is 0 Å². The Balaban J connectivity index is 2.01. The molecule has 0 bridgehead atoms. The number of ether oxygens (including phenoxy) is 1. The molecular formula is C15H23FN2O. The minimum absolute atomic E-state index is 0.198. The van der Waals surface area contributed by atoms with E-state index in [0.29, 0.717) is 6.04 Å². The Morgan fingerprint density at radius 1 is 1.47 bits per heavy atom. The van der Waals surface area contributed by atoms with Crippen LogP contribution < -0.4 is 10.1 Å². The molecule has 106 valence electrons. The number of rotatable bonds is 5. The van der Waals surface area contributed by atoms with Crippen molar-refractivity contribution < 1.29 is 9.13 Å². The summed E-state index contributed by atoms with van der Waals surface area (Å²) in [5.74, 6) is 0.572. The highest BCUT2D eigenvalue weighted by molar-refractivity contribution is 5.33. The average molecular weight is 266 g/mol. The fraction of sp³-hybridized carbons (Fsp3) is 0.600. The Labute approximate surface area is 114 Å². The first-order valence-corrected chi connectivity index (χ1v) is 7.01. The number of likely N-dealkylation sites (N-methyl/N-ethyl adjacent to an activating group) is 1. The van der Waals surface area contributed by atoms with Gasteiger partial charge in [0.15, 0.2) is 0 Å². The van der Waals surface area contributed by atoms with E-state index in [1.54, 1.807) is 19.2 Å². The van der Waals surface area contributed by atoms with Crippen LogP contribution in [-0.2, 0) is 6.54 Å². The van der Waals surface area contributed by atoms with E-state index >= 15 is 0 Å². The van der Waals surface area contributed by atoms with E-state index < -0.39 is 0 Å². The zero-order valence-electron chi connectivity index (χ0n) is 11.8. The van der Waals surface area contributed by atoms with E-state index in [-0.39, 0.29) is 5.82 Å². The largest absolute Gasteiger partial charge is 0.496 e. The van der Waals surface area contributed by atoms with Crippen molar-refractivity contribution in [3.05, 3.63) is 29.6 Å². The second-order valence-corrected chi connectivity index (χ2v) is 5.09. The van der Waals surface area contributed by atoms with Crippen molar-refractivity contribution in [3.63, 3.8) is 0 Å². The van der Waals surface area contributed by atoms with Crippen LogP contribution in [0.2, 0.25) is 0 Å². The molecule has 1 saturated heterocycles. The lowest BCUT2D eigenvalue weighted by Crippen LogP contribution is -2.45. The minimum atomic E-state index is -0.198. The van der Waals surface area contributed by atoms with Gasteiger partial charge in [-0.25, -0.2) is 4.39 Å². The molecule has 0 radical (unpaired) electrons. The van der Waals surface area contributed by atoms with Crippen LogP contribution in [0.5, 0.6) is 5.75 Å². The Bertz CT molecular complexity index is 409. The molecule has 1 N–H and O–H groups in total. The zero-order chi connectivity index (χ0) is 13.7. The lowest BCUT2D eigenvalue weighted by molar-refractivity contribution is 0.183. The molecule has 1 aliphatic heterocycles. The van der Waals surface area contributed by atoms with Crippen molar-refractivity contribution in [2.75, 3.05) is 26.7 Å². The Morgan fingerprint density at radius 3 is 3.05 bits per heavy atom. The summed E-state index contributed by atoms with van der Waals surface area (Å²) in [5, 5.41) is 3.49. The lowest BCUT2D eigenvalue weighted by Gasteiger charge is -2.33. The molecule has 0 aromatic heterocycles. The first-order chi connectivity index (χ1) is 9.22. The van der Waals surface area contributed by atoms with Crippen molar-refractivity contribution in [2.24, 2.45) is 0 Å². The second kappa shape index (κ2) is 6.87. The van der Waals surface area contributed by atoms with Crippen LogP contribution in [0.15, 0.2) is 18.2 Å². The first kappa shape index (κ1) is 14.3. The number of nitrogens with one attached hydrogen (secondary N) is 1. The molecule has 1 aromatic rings. The van der Waals surface area contributed by atoms with E-state index in [1.807, 2.05) is 0 Å². The summed E-state index contributed by atoms with van der Waals surface area (Å²) in [6.07, 6.45) is 2.42. The van der Waals surface area contributed by atoms with Gasteiger partial charge in [0.1, 0.15) is 11.6 Å². The number of hydrogen-bond acceptors (Lipinski definition) is 3. The van der Waals surface area contributed by atoms with Gasteiger partial charge in [-0.3, -0.25) is 4.90 Å². The molecule has 1 unspecified atom stereocenters. The van der Waals surface area contributed by atoms with Crippen LogP contribution in [0.3, 0.4) is 0 Å². The molecule has 0 amide bonds. The quantitative estimate of drug-likeness (QED) is 0.885. The third-order valence-electron chi connectivity index (χ3n) is 3.63. The van der Waals surface area contributed by atoms with E-state index in [0.717, 1.165) is 37.5 Å². The smallest absolute Gasteiger partial charge is 0.123 e. The van der Waals surface area contributed by atoms with Crippen molar-refractivity contribution in [2.45, 2.75) is 32.4 Å². The summed E-state index contributed by atoms with van der Waals surface area (Å²) >= 11 is 0. The van der Waals surface area contributed by atoms with Gasteiger partial charge in [0.2, 0.25) is 0 Å². The predicted molar refractivity (Wildman–Crippen MR) is 74.9 cm³/mol. The number of halogens is 1. The van der Waals surface area contributed by atoms with Gasteiger partial charge in [-0.1, -0.05) is 6.92 Å². The van der Waals surface area contributed by atoms with E-state index in [1.165, 1.54) is 18.9 Å². The normalized spacial score (nSPS) is 20.5. The fourth-order valence-electron chi connectivity index (χ4n) is 2.77. The fourth-order valence-corrected chi connectivity index (χ4v) is 2.77.